The van der Waals surface area contributed by atoms with Crippen molar-refractivity contribution in [1.82, 2.24) is 0 Å². The van der Waals surface area contributed by atoms with E-state index in [1.165, 1.54) is 0 Å². The van der Waals surface area contributed by atoms with E-state index in [4.69, 9.17) is 0 Å². The van der Waals surface area contributed by atoms with Crippen LogP contribution in [0.4, 0.5) is 0 Å². The minimum atomic E-state index is 0.209. The van der Waals surface area contributed by atoms with Crippen LogP contribution in [-0.2, 0) is 9.59 Å². The van der Waals surface area contributed by atoms with Gasteiger partial charge in [0.1, 0.15) is 5.78 Å². The molecule has 2 nitrogen and oxygen atoms in total. The van der Waals surface area contributed by atoms with E-state index in [-0.39, 0.29) is 16.6 Å². The zero-order valence-electron chi connectivity index (χ0n) is 15.0. The second-order valence-corrected chi connectivity index (χ2v) is 8.13. The standard InChI is InChI=1S/C20H34O2/c1-19(2)15-9-8-13-17(21)11-6-5-7-12-18(22)14-10-16-20(19,3)4/h8,13H,5-7,9-12,14-16H2,1-4H3. The van der Waals surface area contributed by atoms with E-state index >= 15 is 0 Å². The molecule has 0 aliphatic heterocycles. The van der Waals surface area contributed by atoms with Gasteiger partial charge in [0.25, 0.3) is 0 Å². The molecule has 0 aromatic heterocycles. The van der Waals surface area contributed by atoms with Gasteiger partial charge in [0.05, 0.1) is 0 Å². The van der Waals surface area contributed by atoms with Crippen molar-refractivity contribution in [2.75, 3.05) is 0 Å². The SMILES string of the molecule is CC1(C)CCC=CC(=O)CCCCCC(=O)CCCC1(C)C. The van der Waals surface area contributed by atoms with Gasteiger partial charge in [-0.2, -0.15) is 0 Å². The van der Waals surface area contributed by atoms with Crippen LogP contribution in [0.15, 0.2) is 12.2 Å². The number of ketones is 2. The number of Topliss-reactive ketones (excluding diaryl/α,β-unsaturated/α-hetero) is 1. The van der Waals surface area contributed by atoms with E-state index < -0.39 is 0 Å². The summed E-state index contributed by atoms with van der Waals surface area (Å²) in [5.74, 6) is 0.627. The van der Waals surface area contributed by atoms with Gasteiger partial charge in [-0.3, -0.25) is 9.59 Å². The summed E-state index contributed by atoms with van der Waals surface area (Å²) in [6, 6.07) is 0. The zero-order chi connectivity index (χ0) is 16.6. The lowest BCUT2D eigenvalue weighted by Gasteiger charge is -2.42. The summed E-state index contributed by atoms with van der Waals surface area (Å²) < 4.78 is 0. The highest BCUT2D eigenvalue weighted by atomic mass is 16.1. The van der Waals surface area contributed by atoms with Crippen LogP contribution in [0, 0.1) is 10.8 Å². The van der Waals surface area contributed by atoms with E-state index in [1.807, 2.05) is 0 Å². The third-order valence-electron chi connectivity index (χ3n) is 5.71. The molecule has 0 heterocycles. The Labute approximate surface area is 136 Å². The molecule has 0 aromatic rings. The molecule has 1 aliphatic carbocycles. The molecule has 0 bridgehead atoms. The Hall–Kier alpha value is -0.920. The molecule has 0 atom stereocenters. The third-order valence-corrected chi connectivity index (χ3v) is 5.71. The Morgan fingerprint density at radius 1 is 0.773 bits per heavy atom. The van der Waals surface area contributed by atoms with Crippen molar-refractivity contribution in [2.24, 2.45) is 10.8 Å². The normalized spacial score (nSPS) is 25.1. The minimum Gasteiger partial charge on any atom is -0.300 e. The van der Waals surface area contributed by atoms with Gasteiger partial charge in [0.15, 0.2) is 5.78 Å². The maximum Gasteiger partial charge on any atom is 0.155 e. The molecule has 0 fully saturated rings. The van der Waals surface area contributed by atoms with Crippen molar-refractivity contribution in [2.45, 2.75) is 91.9 Å². The van der Waals surface area contributed by atoms with Crippen LogP contribution in [0.25, 0.3) is 0 Å². The number of hydrogen-bond donors (Lipinski definition) is 0. The monoisotopic (exact) mass is 306 g/mol. The van der Waals surface area contributed by atoms with Gasteiger partial charge in [-0.1, -0.05) is 40.2 Å². The molecule has 0 N–H and O–H groups in total. The van der Waals surface area contributed by atoms with Crippen LogP contribution in [0.2, 0.25) is 0 Å². The average Bonchev–Trinajstić information content (AvgIpc) is 2.42. The van der Waals surface area contributed by atoms with E-state index in [0.717, 1.165) is 51.4 Å². The molecule has 2 heteroatoms. The van der Waals surface area contributed by atoms with Gasteiger partial charge in [-0.15, -0.1) is 0 Å². The molecule has 1 aliphatic rings. The Bertz CT molecular complexity index is 402. The van der Waals surface area contributed by atoms with Crippen LogP contribution in [0.3, 0.4) is 0 Å². The summed E-state index contributed by atoms with van der Waals surface area (Å²) in [6.07, 6.45) is 12.8. The maximum absolute atomic E-state index is 11.9. The van der Waals surface area contributed by atoms with Crippen LogP contribution < -0.4 is 0 Å². The molecule has 22 heavy (non-hydrogen) atoms. The van der Waals surface area contributed by atoms with Crippen molar-refractivity contribution in [3.8, 4) is 0 Å². The smallest absolute Gasteiger partial charge is 0.155 e. The average molecular weight is 306 g/mol. The number of rotatable bonds is 0. The molecule has 0 aromatic carbocycles. The molecule has 1 rings (SSSR count). The summed E-state index contributed by atoms with van der Waals surface area (Å²) in [5.41, 5.74) is 0.419. The summed E-state index contributed by atoms with van der Waals surface area (Å²) in [7, 11) is 0. The van der Waals surface area contributed by atoms with Gasteiger partial charge in [0.2, 0.25) is 0 Å². The van der Waals surface area contributed by atoms with E-state index in [0.29, 0.717) is 18.6 Å². The fraction of sp³-hybridized carbons (Fsp3) is 0.800. The second-order valence-electron chi connectivity index (χ2n) is 8.13. The molecular formula is C20H34O2. The molecule has 0 saturated heterocycles. The van der Waals surface area contributed by atoms with Gasteiger partial charge in [0, 0.05) is 19.3 Å². The van der Waals surface area contributed by atoms with Crippen molar-refractivity contribution in [3.63, 3.8) is 0 Å². The second kappa shape index (κ2) is 8.64. The fourth-order valence-electron chi connectivity index (χ4n) is 3.07. The molecule has 126 valence electrons. The Balaban J connectivity index is 2.70. The third kappa shape index (κ3) is 6.46. The molecule has 0 spiro atoms. The van der Waals surface area contributed by atoms with E-state index in [1.54, 1.807) is 6.08 Å². The summed E-state index contributed by atoms with van der Waals surface area (Å²) in [5, 5.41) is 0. The van der Waals surface area contributed by atoms with Gasteiger partial charge >= 0.3 is 0 Å². The van der Waals surface area contributed by atoms with E-state index in [2.05, 4.69) is 33.8 Å². The highest BCUT2D eigenvalue weighted by Gasteiger charge is 2.35. The molecule has 0 amide bonds. The van der Waals surface area contributed by atoms with Crippen LogP contribution >= 0.6 is 0 Å². The predicted octanol–water partition coefficient (Wildman–Crippen LogP) is 5.65. The minimum absolute atomic E-state index is 0.209. The fourth-order valence-corrected chi connectivity index (χ4v) is 3.07. The first-order valence-electron chi connectivity index (χ1n) is 8.96. The lowest BCUT2D eigenvalue weighted by Crippen LogP contribution is -2.32. The van der Waals surface area contributed by atoms with E-state index in [9.17, 15) is 9.59 Å². The lowest BCUT2D eigenvalue weighted by molar-refractivity contribution is -0.119. The molecule has 0 saturated carbocycles. The van der Waals surface area contributed by atoms with Crippen molar-refractivity contribution in [1.29, 1.82) is 0 Å². The first-order valence-corrected chi connectivity index (χ1v) is 8.96. The zero-order valence-corrected chi connectivity index (χ0v) is 15.0. The summed E-state index contributed by atoms with van der Waals surface area (Å²) in [6.45, 7) is 9.26. The van der Waals surface area contributed by atoms with Crippen LogP contribution in [0.1, 0.15) is 91.9 Å². The highest BCUT2D eigenvalue weighted by Crippen LogP contribution is 2.45. The molecule has 0 unspecified atom stereocenters. The highest BCUT2D eigenvalue weighted by molar-refractivity contribution is 5.89. The predicted molar refractivity (Wildman–Crippen MR) is 92.9 cm³/mol. The Kier molecular flexibility index (Phi) is 7.52. The number of hydrogen-bond acceptors (Lipinski definition) is 2. The Morgan fingerprint density at radius 2 is 1.36 bits per heavy atom. The Morgan fingerprint density at radius 3 is 2.09 bits per heavy atom. The lowest BCUT2D eigenvalue weighted by atomic mass is 9.63. The quantitative estimate of drug-likeness (QED) is 0.579. The number of carbonyl (C=O) groups excluding carboxylic acids is 2. The van der Waals surface area contributed by atoms with Crippen LogP contribution in [0.5, 0.6) is 0 Å². The van der Waals surface area contributed by atoms with Gasteiger partial charge < -0.3 is 0 Å². The molecule has 0 radical (unpaired) electrons. The summed E-state index contributed by atoms with van der Waals surface area (Å²) >= 11 is 0. The largest absolute Gasteiger partial charge is 0.300 e. The van der Waals surface area contributed by atoms with Gasteiger partial charge in [-0.05, 0) is 55.4 Å². The summed E-state index contributed by atoms with van der Waals surface area (Å²) in [4.78, 5) is 23.7. The first kappa shape index (κ1) is 19.1. The number of carbonyl (C=O) groups is 2. The van der Waals surface area contributed by atoms with Gasteiger partial charge in [-0.25, -0.2) is 0 Å². The maximum atomic E-state index is 11.9. The first-order chi connectivity index (χ1) is 10.2. The van der Waals surface area contributed by atoms with Crippen molar-refractivity contribution < 1.29 is 9.59 Å². The topological polar surface area (TPSA) is 34.1 Å². The van der Waals surface area contributed by atoms with Crippen molar-refractivity contribution in [3.05, 3.63) is 12.2 Å². The number of allylic oxidation sites excluding steroid dienone is 2. The molecular weight excluding hydrogens is 272 g/mol. The van der Waals surface area contributed by atoms with Crippen molar-refractivity contribution >= 4 is 11.6 Å². The van der Waals surface area contributed by atoms with Crippen LogP contribution in [-0.4, -0.2) is 11.6 Å².